The van der Waals surface area contributed by atoms with Gasteiger partial charge in [0.2, 0.25) is 0 Å². The smallest absolute Gasteiger partial charge is 0.338 e. The number of rotatable bonds is 18. The second-order valence-electron chi connectivity index (χ2n) is 9.79. The summed E-state index contributed by atoms with van der Waals surface area (Å²) in [5.41, 5.74) is 0. The Bertz CT molecular complexity index is 577. The third kappa shape index (κ3) is 11.6. The maximum atomic E-state index is 12.9. The minimum atomic E-state index is -1.02. The molecule has 0 bridgehead atoms. The van der Waals surface area contributed by atoms with Crippen LogP contribution < -0.4 is 0 Å². The zero-order valence-electron chi connectivity index (χ0n) is 23.0. The average molecular weight is 531 g/mol. The maximum Gasteiger partial charge on any atom is 0.338 e. The molecule has 6 atom stereocenters. The predicted octanol–water partition coefficient (Wildman–Crippen LogP) is 6.47. The number of hydrogen-bond acceptors (Lipinski definition) is 8. The van der Waals surface area contributed by atoms with Gasteiger partial charge in [0.25, 0.3) is 0 Å². The highest BCUT2D eigenvalue weighted by Gasteiger charge is 2.54. The molecule has 2 rings (SSSR count). The summed E-state index contributed by atoms with van der Waals surface area (Å²) >= 11 is 0. The molecule has 218 valence electrons. The van der Waals surface area contributed by atoms with E-state index in [2.05, 4.69) is 13.8 Å². The lowest BCUT2D eigenvalue weighted by Gasteiger charge is -2.24. The van der Waals surface area contributed by atoms with Gasteiger partial charge in [-0.05, 0) is 39.5 Å². The van der Waals surface area contributed by atoms with Crippen molar-refractivity contribution < 1.29 is 38.0 Å². The molecule has 0 aromatic heterocycles. The van der Waals surface area contributed by atoms with Crippen molar-refractivity contribution in [2.45, 2.75) is 162 Å². The molecular weight excluding hydrogens is 476 g/mol. The maximum absolute atomic E-state index is 12.9. The van der Waals surface area contributed by atoms with Crippen molar-refractivity contribution in [3.63, 3.8) is 0 Å². The third-order valence-electron chi connectivity index (χ3n) is 6.76. The Labute approximate surface area is 225 Å². The summed E-state index contributed by atoms with van der Waals surface area (Å²) in [6, 6.07) is 0. The number of fused-ring (bicyclic) bond motifs is 1. The summed E-state index contributed by atoms with van der Waals surface area (Å²) < 4.78 is 35.3. The number of ether oxygens (including phenoxy) is 6. The lowest BCUT2D eigenvalue weighted by molar-refractivity contribution is -0.224. The van der Waals surface area contributed by atoms with Crippen LogP contribution in [0.5, 0.6) is 0 Å². The third-order valence-corrected chi connectivity index (χ3v) is 6.76. The Balaban J connectivity index is 0.00000684. The van der Waals surface area contributed by atoms with Crippen molar-refractivity contribution >= 4 is 11.9 Å². The fourth-order valence-electron chi connectivity index (χ4n) is 4.82. The first kappa shape index (κ1) is 33.8. The highest BCUT2D eigenvalue weighted by Crippen LogP contribution is 2.35. The fraction of sp³-hybridized carbons (Fsp3) is 0.931. The van der Waals surface area contributed by atoms with E-state index in [1.54, 1.807) is 13.8 Å². The molecule has 0 saturated carbocycles. The van der Waals surface area contributed by atoms with Gasteiger partial charge >= 0.3 is 11.9 Å². The lowest BCUT2D eigenvalue weighted by Crippen LogP contribution is -2.48. The largest absolute Gasteiger partial charge is 0.464 e. The van der Waals surface area contributed by atoms with Crippen LogP contribution in [0.3, 0.4) is 0 Å². The Hall–Kier alpha value is -1.22. The quantitative estimate of drug-likeness (QED) is 0.147. The summed E-state index contributed by atoms with van der Waals surface area (Å²) in [6.07, 6.45) is 9.94. The van der Waals surface area contributed by atoms with Crippen molar-refractivity contribution in [1.82, 2.24) is 0 Å². The van der Waals surface area contributed by atoms with Gasteiger partial charge in [0.05, 0.1) is 13.2 Å². The first-order valence-corrected chi connectivity index (χ1v) is 14.5. The van der Waals surface area contributed by atoms with Gasteiger partial charge in [0, 0.05) is 0 Å². The summed E-state index contributed by atoms with van der Waals surface area (Å²) in [6.45, 7) is 8.35. The van der Waals surface area contributed by atoms with Gasteiger partial charge in [0.1, 0.15) is 12.2 Å². The molecule has 0 aromatic rings. The molecule has 2 saturated heterocycles. The number of hydrogen-bond donors (Lipinski definition) is 0. The second-order valence-corrected chi connectivity index (χ2v) is 9.79. The zero-order chi connectivity index (χ0) is 26.2. The summed E-state index contributed by atoms with van der Waals surface area (Å²) in [4.78, 5) is 25.8. The molecule has 2 aliphatic heterocycles. The zero-order valence-corrected chi connectivity index (χ0v) is 23.0. The molecule has 2 unspecified atom stereocenters. The van der Waals surface area contributed by atoms with Crippen LogP contribution in [0.2, 0.25) is 0 Å². The van der Waals surface area contributed by atoms with Crippen LogP contribution in [0.4, 0.5) is 0 Å². The van der Waals surface area contributed by atoms with Gasteiger partial charge in [-0.1, -0.05) is 85.5 Å². The van der Waals surface area contributed by atoms with Crippen LogP contribution in [-0.4, -0.2) is 62.1 Å². The molecule has 2 aliphatic rings. The molecule has 0 spiro atoms. The van der Waals surface area contributed by atoms with Gasteiger partial charge in [-0.15, -0.1) is 0 Å². The van der Waals surface area contributed by atoms with E-state index in [0.717, 1.165) is 32.1 Å². The Morgan fingerprint density at radius 3 is 1.27 bits per heavy atom. The summed E-state index contributed by atoms with van der Waals surface area (Å²) in [5.74, 6) is -1.03. The molecule has 37 heavy (non-hydrogen) atoms. The predicted molar refractivity (Wildman–Crippen MR) is 143 cm³/mol. The minimum absolute atomic E-state index is 0. The highest BCUT2D eigenvalue weighted by atomic mass is 16.8. The van der Waals surface area contributed by atoms with E-state index in [1.807, 2.05) is 0 Å². The molecule has 8 nitrogen and oxygen atoms in total. The van der Waals surface area contributed by atoms with Crippen molar-refractivity contribution in [3.8, 4) is 0 Å². The standard InChI is InChI=1S/C28H50O8.CH4/c1-5-9-11-13-15-17-19-21-33-23-24(34-21)26(28(30)32-8-4)36-22(20-18-16-14-12-10-6-2)35-25(23)27(29)31-7-3;/h21-26H,5-20H2,1-4H3;1H4/t21?,22?,23-,24+,25+,26-;. The first-order valence-electron chi connectivity index (χ1n) is 14.5. The van der Waals surface area contributed by atoms with Crippen molar-refractivity contribution in [2.75, 3.05) is 13.2 Å². The average Bonchev–Trinajstić information content (AvgIpc) is 3.21. The lowest BCUT2D eigenvalue weighted by atomic mass is 10.0. The molecule has 0 aliphatic carbocycles. The molecular formula is C29H54O8. The normalized spacial score (nSPS) is 27.1. The first-order chi connectivity index (χ1) is 17.5. The molecule has 0 radical (unpaired) electrons. The van der Waals surface area contributed by atoms with Crippen LogP contribution >= 0.6 is 0 Å². The Morgan fingerprint density at radius 2 is 0.892 bits per heavy atom. The van der Waals surface area contributed by atoms with E-state index in [0.29, 0.717) is 12.8 Å². The number of carbonyl (C=O) groups excluding carboxylic acids is 2. The van der Waals surface area contributed by atoms with Gasteiger partial charge in [-0.3, -0.25) is 0 Å². The van der Waals surface area contributed by atoms with E-state index >= 15 is 0 Å². The van der Waals surface area contributed by atoms with Crippen LogP contribution in [0.25, 0.3) is 0 Å². The molecule has 2 heterocycles. The van der Waals surface area contributed by atoms with Gasteiger partial charge in [-0.25, -0.2) is 9.59 Å². The SMILES string of the molecule is C.CCCCCCCCC1O[C@@H]2[C@H](O1)[C@H](C(=O)OCC)OC(CCCCCCCC)O[C@@H]2C(=O)OCC. The van der Waals surface area contributed by atoms with Gasteiger partial charge in [0.15, 0.2) is 24.8 Å². The topological polar surface area (TPSA) is 89.5 Å². The van der Waals surface area contributed by atoms with E-state index in [1.165, 1.54) is 44.9 Å². The molecule has 0 N–H and O–H groups in total. The molecule has 0 aromatic carbocycles. The van der Waals surface area contributed by atoms with E-state index < -0.39 is 48.9 Å². The molecule has 8 heteroatoms. The monoisotopic (exact) mass is 530 g/mol. The highest BCUT2D eigenvalue weighted by molar-refractivity contribution is 5.78. The van der Waals surface area contributed by atoms with Crippen LogP contribution in [0, 0.1) is 0 Å². The minimum Gasteiger partial charge on any atom is -0.464 e. The summed E-state index contributed by atoms with van der Waals surface area (Å²) in [5, 5.41) is 0. The van der Waals surface area contributed by atoms with Crippen molar-refractivity contribution in [2.24, 2.45) is 0 Å². The van der Waals surface area contributed by atoms with Crippen LogP contribution in [-0.2, 0) is 38.0 Å². The fourth-order valence-corrected chi connectivity index (χ4v) is 4.82. The Morgan fingerprint density at radius 1 is 0.541 bits per heavy atom. The number of esters is 2. The van der Waals surface area contributed by atoms with Gasteiger partial charge < -0.3 is 28.4 Å². The van der Waals surface area contributed by atoms with Crippen LogP contribution in [0.15, 0.2) is 0 Å². The van der Waals surface area contributed by atoms with E-state index in [-0.39, 0.29) is 20.6 Å². The van der Waals surface area contributed by atoms with Gasteiger partial charge in [-0.2, -0.15) is 0 Å². The number of carbonyl (C=O) groups is 2. The van der Waals surface area contributed by atoms with Crippen molar-refractivity contribution in [1.29, 1.82) is 0 Å². The molecule has 2 fully saturated rings. The Kier molecular flexibility index (Phi) is 18.1. The van der Waals surface area contributed by atoms with E-state index in [9.17, 15) is 9.59 Å². The molecule has 0 amide bonds. The van der Waals surface area contributed by atoms with Crippen LogP contribution in [0.1, 0.15) is 125 Å². The van der Waals surface area contributed by atoms with Crippen molar-refractivity contribution in [3.05, 3.63) is 0 Å². The van der Waals surface area contributed by atoms with E-state index in [4.69, 9.17) is 28.4 Å². The number of unbranched alkanes of at least 4 members (excludes halogenated alkanes) is 10. The second kappa shape index (κ2) is 19.8. The summed E-state index contributed by atoms with van der Waals surface area (Å²) in [7, 11) is 0.